The Bertz CT molecular complexity index is 881. The average molecular weight is 437 g/mol. The highest BCUT2D eigenvalue weighted by Gasteiger charge is 2.26. The van der Waals surface area contributed by atoms with Crippen molar-refractivity contribution in [1.82, 2.24) is 4.98 Å². The maximum Gasteiger partial charge on any atom is 0.355 e. The predicted molar refractivity (Wildman–Crippen MR) is 87.0 cm³/mol. The summed E-state index contributed by atoms with van der Waals surface area (Å²) in [4.78, 5) is 25.4. The van der Waals surface area contributed by atoms with E-state index in [9.17, 15) is 26.8 Å². The van der Waals surface area contributed by atoms with Crippen molar-refractivity contribution >= 4 is 43.3 Å². The molecule has 2 N–H and O–H groups in total. The SMILES string of the molecule is O=C(COC(=O)c1cc(Br)c[nH]1)Nc1ccc(S(=O)(=O)C(F)F)cc1. The van der Waals surface area contributed by atoms with Crippen molar-refractivity contribution in [2.45, 2.75) is 10.7 Å². The highest BCUT2D eigenvalue weighted by molar-refractivity contribution is 9.10. The second kappa shape index (κ2) is 7.74. The molecule has 0 fully saturated rings. The van der Waals surface area contributed by atoms with Crippen LogP contribution in [0.3, 0.4) is 0 Å². The minimum atomic E-state index is -4.69. The molecule has 0 bridgehead atoms. The van der Waals surface area contributed by atoms with Crippen LogP contribution in [0.4, 0.5) is 14.5 Å². The van der Waals surface area contributed by atoms with Gasteiger partial charge in [0.1, 0.15) is 5.69 Å². The lowest BCUT2D eigenvalue weighted by Gasteiger charge is -2.07. The number of esters is 1. The van der Waals surface area contributed by atoms with Gasteiger partial charge in [0.2, 0.25) is 9.84 Å². The van der Waals surface area contributed by atoms with E-state index in [4.69, 9.17) is 4.74 Å². The van der Waals surface area contributed by atoms with E-state index < -0.39 is 39.0 Å². The van der Waals surface area contributed by atoms with Crippen LogP contribution >= 0.6 is 15.9 Å². The smallest absolute Gasteiger partial charge is 0.355 e. The van der Waals surface area contributed by atoms with Crippen LogP contribution in [-0.4, -0.2) is 37.6 Å². The van der Waals surface area contributed by atoms with Gasteiger partial charge >= 0.3 is 11.7 Å². The number of aromatic amines is 1. The van der Waals surface area contributed by atoms with Gasteiger partial charge in [-0.1, -0.05) is 0 Å². The molecule has 1 heterocycles. The zero-order valence-corrected chi connectivity index (χ0v) is 14.7. The molecule has 0 atom stereocenters. The number of amides is 1. The van der Waals surface area contributed by atoms with E-state index in [1.54, 1.807) is 0 Å². The van der Waals surface area contributed by atoms with Crippen molar-refractivity contribution in [3.8, 4) is 0 Å². The second-order valence-corrected chi connectivity index (χ2v) is 7.52. The number of aromatic nitrogens is 1. The number of ether oxygens (including phenoxy) is 1. The summed E-state index contributed by atoms with van der Waals surface area (Å²) in [6.07, 6.45) is 1.52. The van der Waals surface area contributed by atoms with Crippen LogP contribution in [0.5, 0.6) is 0 Å². The Morgan fingerprint density at radius 1 is 1.24 bits per heavy atom. The predicted octanol–water partition coefficient (Wildman–Crippen LogP) is 2.57. The van der Waals surface area contributed by atoms with E-state index in [0.717, 1.165) is 24.3 Å². The Balaban J connectivity index is 1.91. The number of hydrogen-bond donors (Lipinski definition) is 2. The first-order valence-corrected chi connectivity index (χ1v) is 8.97. The average Bonchev–Trinajstić information content (AvgIpc) is 2.99. The van der Waals surface area contributed by atoms with Crippen LogP contribution in [0.2, 0.25) is 0 Å². The molecule has 0 spiro atoms. The third kappa shape index (κ3) is 4.86. The van der Waals surface area contributed by atoms with Crippen molar-refractivity contribution < 1.29 is 31.5 Å². The molecule has 2 rings (SSSR count). The number of sulfone groups is 1. The highest BCUT2D eigenvalue weighted by atomic mass is 79.9. The Hall–Kier alpha value is -2.27. The van der Waals surface area contributed by atoms with Gasteiger partial charge in [-0.2, -0.15) is 8.78 Å². The molecule has 0 unspecified atom stereocenters. The van der Waals surface area contributed by atoms with Crippen molar-refractivity contribution in [3.63, 3.8) is 0 Å². The number of H-pyrrole nitrogens is 1. The molecule has 0 aliphatic rings. The summed E-state index contributed by atoms with van der Waals surface area (Å²) >= 11 is 3.15. The summed E-state index contributed by atoms with van der Waals surface area (Å²) in [5, 5.41) is 2.34. The van der Waals surface area contributed by atoms with Gasteiger partial charge < -0.3 is 15.0 Å². The lowest BCUT2D eigenvalue weighted by Crippen LogP contribution is -2.21. The maximum absolute atomic E-state index is 12.4. The number of alkyl halides is 2. The second-order valence-electron chi connectivity index (χ2n) is 4.69. The van der Waals surface area contributed by atoms with Crippen molar-refractivity contribution in [2.75, 3.05) is 11.9 Å². The largest absolute Gasteiger partial charge is 0.451 e. The minimum Gasteiger partial charge on any atom is -0.451 e. The molecule has 0 aliphatic carbocycles. The summed E-state index contributed by atoms with van der Waals surface area (Å²) in [5.41, 5.74) is 0.318. The van der Waals surface area contributed by atoms with Gasteiger partial charge in [0.05, 0.1) is 4.90 Å². The van der Waals surface area contributed by atoms with E-state index in [0.29, 0.717) is 4.47 Å². The molecule has 1 aromatic heterocycles. The fraction of sp³-hybridized carbons (Fsp3) is 0.143. The number of anilines is 1. The van der Waals surface area contributed by atoms with Gasteiger partial charge in [0.25, 0.3) is 5.91 Å². The van der Waals surface area contributed by atoms with Crippen LogP contribution in [-0.2, 0) is 19.4 Å². The Morgan fingerprint density at radius 2 is 1.88 bits per heavy atom. The van der Waals surface area contributed by atoms with Crippen LogP contribution in [0.15, 0.2) is 45.9 Å². The molecule has 134 valence electrons. The molecule has 11 heteroatoms. The number of rotatable bonds is 6. The van der Waals surface area contributed by atoms with Crippen LogP contribution in [0, 0.1) is 0 Å². The quantitative estimate of drug-likeness (QED) is 0.676. The van der Waals surface area contributed by atoms with Gasteiger partial charge in [0.15, 0.2) is 6.61 Å². The number of halogens is 3. The maximum atomic E-state index is 12.4. The van der Waals surface area contributed by atoms with Gasteiger partial charge in [-0.15, -0.1) is 0 Å². The lowest BCUT2D eigenvalue weighted by molar-refractivity contribution is -0.119. The lowest BCUT2D eigenvalue weighted by atomic mass is 10.3. The number of benzene rings is 1. The van der Waals surface area contributed by atoms with E-state index in [2.05, 4.69) is 26.2 Å². The molecule has 0 aliphatic heterocycles. The monoisotopic (exact) mass is 436 g/mol. The molecule has 25 heavy (non-hydrogen) atoms. The zero-order valence-electron chi connectivity index (χ0n) is 12.3. The number of hydrogen-bond acceptors (Lipinski definition) is 5. The first-order valence-electron chi connectivity index (χ1n) is 6.63. The van der Waals surface area contributed by atoms with Crippen LogP contribution in [0.25, 0.3) is 0 Å². The molecule has 1 aromatic carbocycles. The molecule has 0 saturated carbocycles. The summed E-state index contributed by atoms with van der Waals surface area (Å²) in [5.74, 6) is -4.94. The third-order valence-electron chi connectivity index (χ3n) is 2.90. The number of carbonyl (C=O) groups is 2. The molecule has 1 amide bonds. The fourth-order valence-electron chi connectivity index (χ4n) is 1.72. The van der Waals surface area contributed by atoms with Crippen molar-refractivity contribution in [1.29, 1.82) is 0 Å². The van der Waals surface area contributed by atoms with Gasteiger partial charge in [-0.3, -0.25) is 4.79 Å². The Kier molecular flexibility index (Phi) is 5.90. The molecule has 0 saturated heterocycles. The highest BCUT2D eigenvalue weighted by Crippen LogP contribution is 2.20. The molecule has 0 radical (unpaired) electrons. The number of carbonyl (C=O) groups excluding carboxylic acids is 2. The summed E-state index contributed by atoms with van der Waals surface area (Å²) < 4.78 is 52.8. The van der Waals surface area contributed by atoms with Crippen LogP contribution < -0.4 is 5.32 Å². The summed E-state index contributed by atoms with van der Waals surface area (Å²) in [6.45, 7) is -0.577. The van der Waals surface area contributed by atoms with E-state index in [1.807, 2.05) is 0 Å². The first-order chi connectivity index (χ1) is 11.7. The van der Waals surface area contributed by atoms with Gasteiger partial charge in [-0.25, -0.2) is 13.2 Å². The van der Waals surface area contributed by atoms with E-state index >= 15 is 0 Å². The van der Waals surface area contributed by atoms with E-state index in [1.165, 1.54) is 12.3 Å². The van der Waals surface area contributed by atoms with Gasteiger partial charge in [0, 0.05) is 16.4 Å². The first kappa shape index (κ1) is 19.1. The van der Waals surface area contributed by atoms with Crippen molar-refractivity contribution in [3.05, 3.63) is 46.7 Å². The van der Waals surface area contributed by atoms with E-state index in [-0.39, 0.29) is 11.4 Å². The summed E-state index contributed by atoms with van der Waals surface area (Å²) in [6, 6.07) is 5.66. The summed E-state index contributed by atoms with van der Waals surface area (Å²) in [7, 11) is -4.69. The molecule has 2 aromatic rings. The Morgan fingerprint density at radius 3 is 2.40 bits per heavy atom. The van der Waals surface area contributed by atoms with Crippen LogP contribution in [0.1, 0.15) is 10.5 Å². The standard InChI is InChI=1S/C14H11BrF2N2O5S/c15-8-5-11(18-6-8)13(21)24-7-12(20)19-9-1-3-10(4-2-9)25(22,23)14(16)17/h1-6,14,18H,7H2,(H,19,20). The molecule has 7 nitrogen and oxygen atoms in total. The number of nitrogens with one attached hydrogen (secondary N) is 2. The fourth-order valence-corrected chi connectivity index (χ4v) is 2.79. The van der Waals surface area contributed by atoms with Crippen molar-refractivity contribution in [2.24, 2.45) is 0 Å². The Labute approximate surface area is 149 Å². The minimum absolute atomic E-state index is 0.154. The van der Waals surface area contributed by atoms with Gasteiger partial charge in [-0.05, 0) is 46.3 Å². The molecular weight excluding hydrogens is 426 g/mol. The topological polar surface area (TPSA) is 105 Å². The zero-order chi connectivity index (χ0) is 18.6. The third-order valence-corrected chi connectivity index (χ3v) is 4.76. The normalized spacial score (nSPS) is 11.4. The molecular formula is C14H11BrF2N2O5S.